The normalized spacial score (nSPS) is 14.5. The van der Waals surface area contributed by atoms with Crippen molar-refractivity contribution in [1.82, 2.24) is 9.80 Å². The topological polar surface area (TPSA) is 69.7 Å². The molecule has 1 N–H and O–H groups in total. The number of aryl methyl sites for hydroxylation is 2. The predicted molar refractivity (Wildman–Crippen MR) is 92.6 cm³/mol. The first-order chi connectivity index (χ1) is 11.4. The third kappa shape index (κ3) is 4.34. The number of piperazine rings is 1. The third-order valence-corrected chi connectivity index (χ3v) is 4.39. The molecule has 0 radical (unpaired) electrons. The fraction of sp³-hybridized carbons (Fsp3) is 0.500. The molecule has 0 saturated carbocycles. The summed E-state index contributed by atoms with van der Waals surface area (Å²) in [5, 5.41) is 2.88. The highest BCUT2D eigenvalue weighted by Gasteiger charge is 2.24. The van der Waals surface area contributed by atoms with Crippen LogP contribution in [0.25, 0.3) is 0 Å². The van der Waals surface area contributed by atoms with Crippen molar-refractivity contribution in [3.8, 4) is 0 Å². The van der Waals surface area contributed by atoms with Crippen LogP contribution in [0.5, 0.6) is 0 Å². The molecule has 130 valence electrons. The average molecular weight is 331 g/mol. The lowest BCUT2D eigenvalue weighted by atomic mass is 10.1. The lowest BCUT2D eigenvalue weighted by molar-refractivity contribution is -0.140. The maximum atomic E-state index is 12.3. The number of carbonyl (C=O) groups is 3. The fourth-order valence-electron chi connectivity index (χ4n) is 2.91. The summed E-state index contributed by atoms with van der Waals surface area (Å²) in [5.41, 5.74) is 2.86. The number of carbonyl (C=O) groups excluding carboxylic acids is 3. The van der Waals surface area contributed by atoms with Gasteiger partial charge in [0.15, 0.2) is 0 Å². The van der Waals surface area contributed by atoms with Gasteiger partial charge in [0.05, 0.1) is 0 Å². The Hall–Kier alpha value is -2.37. The Labute approximate surface area is 142 Å². The number of rotatable bonds is 4. The molecule has 1 saturated heterocycles. The third-order valence-electron chi connectivity index (χ3n) is 4.39. The number of nitrogens with zero attached hydrogens (tertiary/aromatic N) is 2. The molecule has 6 heteroatoms. The molecule has 1 aliphatic heterocycles. The first-order valence-electron chi connectivity index (χ1n) is 8.34. The highest BCUT2D eigenvalue weighted by Crippen LogP contribution is 2.21. The SMILES string of the molecule is CCc1cccc(C)c1NC(=O)CC(=O)N1CCN(C(C)=O)CC1. The van der Waals surface area contributed by atoms with E-state index < -0.39 is 0 Å². The van der Waals surface area contributed by atoms with Crippen molar-refractivity contribution in [2.75, 3.05) is 31.5 Å². The van der Waals surface area contributed by atoms with Crippen LogP contribution in [0, 0.1) is 6.92 Å². The van der Waals surface area contributed by atoms with Crippen molar-refractivity contribution >= 4 is 23.4 Å². The number of para-hydroxylation sites is 1. The molecule has 0 atom stereocenters. The fourth-order valence-corrected chi connectivity index (χ4v) is 2.91. The summed E-state index contributed by atoms with van der Waals surface area (Å²) in [6.45, 7) is 7.52. The van der Waals surface area contributed by atoms with E-state index in [1.165, 1.54) is 6.92 Å². The zero-order valence-electron chi connectivity index (χ0n) is 14.6. The number of anilines is 1. The van der Waals surface area contributed by atoms with Gasteiger partial charge in [-0.05, 0) is 24.5 Å². The van der Waals surface area contributed by atoms with Gasteiger partial charge in [-0.25, -0.2) is 0 Å². The number of hydrogen-bond donors (Lipinski definition) is 1. The van der Waals surface area contributed by atoms with Gasteiger partial charge in [-0.2, -0.15) is 0 Å². The highest BCUT2D eigenvalue weighted by molar-refractivity contribution is 6.04. The Bertz CT molecular complexity index is 634. The minimum atomic E-state index is -0.294. The lowest BCUT2D eigenvalue weighted by Crippen LogP contribution is -2.50. The smallest absolute Gasteiger partial charge is 0.233 e. The minimum Gasteiger partial charge on any atom is -0.339 e. The van der Waals surface area contributed by atoms with Crippen molar-refractivity contribution in [3.05, 3.63) is 29.3 Å². The first-order valence-corrected chi connectivity index (χ1v) is 8.34. The Morgan fingerprint density at radius 3 is 2.29 bits per heavy atom. The Morgan fingerprint density at radius 1 is 1.08 bits per heavy atom. The molecule has 2 rings (SSSR count). The predicted octanol–water partition coefficient (Wildman–Crippen LogP) is 1.58. The van der Waals surface area contributed by atoms with Crippen molar-refractivity contribution in [2.24, 2.45) is 0 Å². The van der Waals surface area contributed by atoms with Crippen LogP contribution in [0.3, 0.4) is 0 Å². The molecule has 1 aliphatic rings. The highest BCUT2D eigenvalue weighted by atomic mass is 16.2. The van der Waals surface area contributed by atoms with E-state index in [1.54, 1.807) is 9.80 Å². The Balaban J connectivity index is 1.91. The van der Waals surface area contributed by atoms with Crippen molar-refractivity contribution < 1.29 is 14.4 Å². The second kappa shape index (κ2) is 7.95. The molecule has 0 unspecified atom stereocenters. The van der Waals surface area contributed by atoms with Gasteiger partial charge in [0.2, 0.25) is 17.7 Å². The van der Waals surface area contributed by atoms with Crippen LogP contribution in [-0.4, -0.2) is 53.7 Å². The molecule has 3 amide bonds. The quantitative estimate of drug-likeness (QED) is 0.852. The number of nitrogens with one attached hydrogen (secondary N) is 1. The molecular formula is C18H25N3O3. The molecular weight excluding hydrogens is 306 g/mol. The zero-order valence-corrected chi connectivity index (χ0v) is 14.6. The molecule has 1 aromatic carbocycles. The van der Waals surface area contributed by atoms with Crippen LogP contribution in [0.15, 0.2) is 18.2 Å². The standard InChI is InChI=1S/C18H25N3O3/c1-4-15-7-5-6-13(2)18(15)19-16(23)12-17(24)21-10-8-20(9-11-21)14(3)22/h5-7H,4,8-12H2,1-3H3,(H,19,23). The van der Waals surface area contributed by atoms with Crippen molar-refractivity contribution in [3.63, 3.8) is 0 Å². The average Bonchev–Trinajstić information content (AvgIpc) is 2.56. The monoisotopic (exact) mass is 331 g/mol. The molecule has 6 nitrogen and oxygen atoms in total. The second-order valence-electron chi connectivity index (χ2n) is 6.07. The van der Waals surface area contributed by atoms with Crippen LogP contribution in [0.2, 0.25) is 0 Å². The van der Waals surface area contributed by atoms with Gasteiger partial charge in [-0.1, -0.05) is 25.1 Å². The summed E-state index contributed by atoms with van der Waals surface area (Å²) >= 11 is 0. The lowest BCUT2D eigenvalue weighted by Gasteiger charge is -2.34. The van der Waals surface area contributed by atoms with E-state index in [0.717, 1.165) is 23.2 Å². The van der Waals surface area contributed by atoms with Gasteiger partial charge < -0.3 is 15.1 Å². The summed E-state index contributed by atoms with van der Waals surface area (Å²) in [6, 6.07) is 5.88. The van der Waals surface area contributed by atoms with Crippen molar-refractivity contribution in [2.45, 2.75) is 33.6 Å². The molecule has 0 spiro atoms. The second-order valence-corrected chi connectivity index (χ2v) is 6.07. The number of hydrogen-bond acceptors (Lipinski definition) is 3. The molecule has 0 bridgehead atoms. The number of benzene rings is 1. The van der Waals surface area contributed by atoms with Gasteiger partial charge >= 0.3 is 0 Å². The van der Waals surface area contributed by atoms with E-state index in [4.69, 9.17) is 0 Å². The molecule has 1 heterocycles. The molecule has 1 fully saturated rings. The minimum absolute atomic E-state index is 0.0199. The van der Waals surface area contributed by atoms with Gasteiger partial charge in [-0.3, -0.25) is 14.4 Å². The molecule has 1 aromatic rings. The van der Waals surface area contributed by atoms with Gasteiger partial charge in [-0.15, -0.1) is 0 Å². The Kier molecular flexibility index (Phi) is 5.95. The first kappa shape index (κ1) is 18.0. The van der Waals surface area contributed by atoms with E-state index in [0.29, 0.717) is 26.2 Å². The summed E-state index contributed by atoms with van der Waals surface area (Å²) in [7, 11) is 0. The van der Waals surface area contributed by atoms with Crippen LogP contribution in [0.4, 0.5) is 5.69 Å². The maximum absolute atomic E-state index is 12.3. The van der Waals surface area contributed by atoms with Crippen molar-refractivity contribution in [1.29, 1.82) is 0 Å². The summed E-state index contributed by atoms with van der Waals surface area (Å²) in [5.74, 6) is -0.466. The van der Waals surface area contributed by atoms with Gasteiger partial charge in [0.1, 0.15) is 6.42 Å². The van der Waals surface area contributed by atoms with E-state index in [2.05, 4.69) is 5.32 Å². The molecule has 24 heavy (non-hydrogen) atoms. The van der Waals surface area contributed by atoms with E-state index in [9.17, 15) is 14.4 Å². The zero-order chi connectivity index (χ0) is 17.7. The molecule has 0 aliphatic carbocycles. The van der Waals surface area contributed by atoms with E-state index in [-0.39, 0.29) is 24.1 Å². The van der Waals surface area contributed by atoms with Gasteiger partial charge in [0.25, 0.3) is 0 Å². The van der Waals surface area contributed by atoms with Gasteiger partial charge in [0, 0.05) is 38.8 Å². The Morgan fingerprint density at radius 2 is 1.71 bits per heavy atom. The summed E-state index contributed by atoms with van der Waals surface area (Å²) < 4.78 is 0. The van der Waals surface area contributed by atoms with E-state index in [1.807, 2.05) is 32.0 Å². The van der Waals surface area contributed by atoms with Crippen LogP contribution in [-0.2, 0) is 20.8 Å². The largest absolute Gasteiger partial charge is 0.339 e. The summed E-state index contributed by atoms with van der Waals surface area (Å²) in [4.78, 5) is 39.2. The maximum Gasteiger partial charge on any atom is 0.233 e. The van der Waals surface area contributed by atoms with E-state index >= 15 is 0 Å². The number of amides is 3. The molecule has 0 aromatic heterocycles. The van der Waals surface area contributed by atoms with Crippen LogP contribution < -0.4 is 5.32 Å². The van der Waals surface area contributed by atoms with Crippen LogP contribution in [0.1, 0.15) is 31.4 Å². The summed E-state index contributed by atoms with van der Waals surface area (Å²) in [6.07, 6.45) is 0.649. The van der Waals surface area contributed by atoms with Crippen LogP contribution >= 0.6 is 0 Å².